The van der Waals surface area contributed by atoms with Gasteiger partial charge in [0, 0.05) is 31.7 Å². The van der Waals surface area contributed by atoms with Crippen molar-refractivity contribution in [1.82, 2.24) is 24.7 Å². The minimum Gasteiger partial charge on any atom is -0.352 e. The lowest BCUT2D eigenvalue weighted by Gasteiger charge is -2.27. The molecule has 2 amide bonds. The minimum atomic E-state index is -0.112. The largest absolute Gasteiger partial charge is 0.352 e. The highest BCUT2D eigenvalue weighted by Gasteiger charge is 2.28. The van der Waals surface area contributed by atoms with E-state index in [9.17, 15) is 9.59 Å². The Balaban J connectivity index is 1.49. The molecule has 0 radical (unpaired) electrons. The maximum atomic E-state index is 13.0. The fourth-order valence-electron chi connectivity index (χ4n) is 3.78. The maximum Gasteiger partial charge on any atom is 0.290 e. The van der Waals surface area contributed by atoms with E-state index in [0.29, 0.717) is 43.1 Å². The van der Waals surface area contributed by atoms with Gasteiger partial charge in [-0.1, -0.05) is 30.3 Å². The molecule has 2 aromatic carbocycles. The first-order chi connectivity index (χ1) is 14.5. The lowest BCUT2D eigenvalue weighted by Crippen LogP contribution is -2.39. The summed E-state index contributed by atoms with van der Waals surface area (Å²) in [6, 6.07) is 15.4. The van der Waals surface area contributed by atoms with E-state index in [-0.39, 0.29) is 11.8 Å². The van der Waals surface area contributed by atoms with E-state index in [0.717, 1.165) is 24.0 Å². The van der Waals surface area contributed by atoms with Crippen LogP contribution in [0, 0.1) is 0 Å². The summed E-state index contributed by atoms with van der Waals surface area (Å²) >= 11 is 0. The van der Waals surface area contributed by atoms with Crippen LogP contribution in [0.15, 0.2) is 48.5 Å². The van der Waals surface area contributed by atoms with E-state index in [1.54, 1.807) is 12.1 Å². The highest BCUT2D eigenvalue weighted by molar-refractivity contribution is 6.00. The smallest absolute Gasteiger partial charge is 0.290 e. The molecule has 7 heteroatoms. The number of carbonyl (C=O) groups excluding carboxylic acids is 2. The van der Waals surface area contributed by atoms with Crippen molar-refractivity contribution >= 4 is 22.8 Å². The van der Waals surface area contributed by atoms with Gasteiger partial charge >= 0.3 is 0 Å². The first kappa shape index (κ1) is 20.1. The number of rotatable bonds is 7. The van der Waals surface area contributed by atoms with Crippen molar-refractivity contribution in [2.45, 2.75) is 19.5 Å². The second-order valence-electron chi connectivity index (χ2n) is 7.92. The van der Waals surface area contributed by atoms with Crippen molar-refractivity contribution in [1.29, 1.82) is 0 Å². The zero-order chi connectivity index (χ0) is 21.1. The summed E-state index contributed by atoms with van der Waals surface area (Å²) in [6.07, 6.45) is 0.894. The van der Waals surface area contributed by atoms with E-state index in [1.165, 1.54) is 0 Å². The molecule has 4 rings (SSSR count). The molecule has 0 saturated carbocycles. The molecule has 156 valence electrons. The van der Waals surface area contributed by atoms with Crippen LogP contribution in [0.25, 0.3) is 11.0 Å². The molecule has 0 spiro atoms. The van der Waals surface area contributed by atoms with E-state index in [1.807, 2.05) is 60.0 Å². The normalized spacial score (nSPS) is 13.7. The first-order valence-electron chi connectivity index (χ1n) is 10.3. The third kappa shape index (κ3) is 4.21. The monoisotopic (exact) mass is 405 g/mol. The third-order valence-corrected chi connectivity index (χ3v) is 5.37. The van der Waals surface area contributed by atoms with Crippen LogP contribution in [0.3, 0.4) is 0 Å². The number of nitrogens with zero attached hydrogens (tertiary/aromatic N) is 4. The van der Waals surface area contributed by atoms with Gasteiger partial charge in [-0.25, -0.2) is 4.98 Å². The van der Waals surface area contributed by atoms with Gasteiger partial charge in [0.15, 0.2) is 5.82 Å². The van der Waals surface area contributed by atoms with Gasteiger partial charge in [0.05, 0.1) is 11.0 Å². The number of fused-ring (bicyclic) bond motifs is 3. The predicted octanol–water partition coefficient (Wildman–Crippen LogP) is 2.37. The van der Waals surface area contributed by atoms with Crippen LogP contribution in [-0.2, 0) is 13.1 Å². The summed E-state index contributed by atoms with van der Waals surface area (Å²) in [7, 11) is 4.02. The Morgan fingerprint density at radius 3 is 2.70 bits per heavy atom. The highest BCUT2D eigenvalue weighted by Crippen LogP contribution is 2.23. The second kappa shape index (κ2) is 8.67. The Kier molecular flexibility index (Phi) is 5.81. The highest BCUT2D eigenvalue weighted by atomic mass is 16.2. The average molecular weight is 406 g/mol. The molecule has 0 atom stereocenters. The molecule has 1 aromatic heterocycles. The van der Waals surface area contributed by atoms with Crippen LogP contribution in [-0.4, -0.2) is 64.9 Å². The van der Waals surface area contributed by atoms with Crippen LogP contribution >= 0.6 is 0 Å². The van der Waals surface area contributed by atoms with E-state index in [2.05, 4.69) is 15.2 Å². The molecular formula is C23H27N5O2. The van der Waals surface area contributed by atoms with Gasteiger partial charge in [0.2, 0.25) is 0 Å². The Morgan fingerprint density at radius 1 is 1.13 bits per heavy atom. The van der Waals surface area contributed by atoms with Crippen LogP contribution in [0.5, 0.6) is 0 Å². The molecule has 2 heterocycles. The summed E-state index contributed by atoms with van der Waals surface area (Å²) in [5.41, 5.74) is 3.24. The molecule has 0 fully saturated rings. The van der Waals surface area contributed by atoms with Crippen molar-refractivity contribution in [3.63, 3.8) is 0 Å². The standard InChI is InChI=1S/C23H27N5O2/c1-26(2)12-6-11-24-22(29)18-9-10-20-19(15-18)25-21-23(30)27(13-14-28(20)21)16-17-7-4-3-5-8-17/h3-5,7-10,15H,6,11-14,16H2,1-2H3,(H,24,29). The van der Waals surface area contributed by atoms with E-state index in [4.69, 9.17) is 0 Å². The van der Waals surface area contributed by atoms with Crippen LogP contribution in [0.2, 0.25) is 0 Å². The molecule has 3 aromatic rings. The van der Waals surface area contributed by atoms with Gasteiger partial charge in [0.1, 0.15) is 0 Å². The minimum absolute atomic E-state index is 0.0732. The Labute approximate surface area is 176 Å². The summed E-state index contributed by atoms with van der Waals surface area (Å²) in [6.45, 7) is 3.46. The molecule has 1 aliphatic rings. The van der Waals surface area contributed by atoms with E-state index < -0.39 is 0 Å². The van der Waals surface area contributed by atoms with Crippen LogP contribution < -0.4 is 5.32 Å². The van der Waals surface area contributed by atoms with Crippen LogP contribution in [0.4, 0.5) is 0 Å². The summed E-state index contributed by atoms with van der Waals surface area (Å²) in [5, 5.41) is 2.95. The molecule has 30 heavy (non-hydrogen) atoms. The molecular weight excluding hydrogens is 378 g/mol. The quantitative estimate of drug-likeness (QED) is 0.613. The number of aromatic nitrogens is 2. The number of imidazole rings is 1. The lowest BCUT2D eigenvalue weighted by atomic mass is 10.2. The van der Waals surface area contributed by atoms with Gasteiger partial charge in [-0.3, -0.25) is 9.59 Å². The number of carbonyl (C=O) groups is 2. The Morgan fingerprint density at radius 2 is 1.93 bits per heavy atom. The van der Waals surface area contributed by atoms with Crippen molar-refractivity contribution in [3.05, 3.63) is 65.5 Å². The molecule has 0 unspecified atom stereocenters. The molecule has 7 nitrogen and oxygen atoms in total. The number of benzene rings is 2. The fraction of sp³-hybridized carbons (Fsp3) is 0.348. The second-order valence-corrected chi connectivity index (χ2v) is 7.92. The maximum absolute atomic E-state index is 13.0. The third-order valence-electron chi connectivity index (χ3n) is 5.37. The molecule has 1 N–H and O–H groups in total. The van der Waals surface area contributed by atoms with Gasteiger partial charge in [-0.2, -0.15) is 0 Å². The predicted molar refractivity (Wildman–Crippen MR) is 116 cm³/mol. The summed E-state index contributed by atoms with van der Waals surface area (Å²) < 4.78 is 1.96. The van der Waals surface area contributed by atoms with Gasteiger partial charge in [-0.05, 0) is 50.8 Å². The van der Waals surface area contributed by atoms with Crippen molar-refractivity contribution in [2.75, 3.05) is 33.7 Å². The van der Waals surface area contributed by atoms with Crippen molar-refractivity contribution in [3.8, 4) is 0 Å². The van der Waals surface area contributed by atoms with Crippen molar-refractivity contribution < 1.29 is 9.59 Å². The van der Waals surface area contributed by atoms with Gasteiger partial charge in [-0.15, -0.1) is 0 Å². The summed E-state index contributed by atoms with van der Waals surface area (Å²) in [5.74, 6) is 0.255. The SMILES string of the molecule is CN(C)CCCNC(=O)c1ccc2c(c1)nc1n2CCN(Cc2ccccc2)C1=O. The van der Waals surface area contributed by atoms with Gasteiger partial charge in [0.25, 0.3) is 11.8 Å². The van der Waals surface area contributed by atoms with Crippen molar-refractivity contribution in [2.24, 2.45) is 0 Å². The number of nitrogens with one attached hydrogen (secondary N) is 1. The molecule has 0 aliphatic carbocycles. The Bertz CT molecular complexity index is 1060. The average Bonchev–Trinajstić information content (AvgIpc) is 3.12. The topological polar surface area (TPSA) is 70.5 Å². The molecule has 0 saturated heterocycles. The number of hydrogen-bond acceptors (Lipinski definition) is 4. The zero-order valence-corrected chi connectivity index (χ0v) is 17.5. The molecule has 0 bridgehead atoms. The zero-order valence-electron chi connectivity index (χ0n) is 17.5. The van der Waals surface area contributed by atoms with Gasteiger partial charge < -0.3 is 19.7 Å². The molecule has 1 aliphatic heterocycles. The van der Waals surface area contributed by atoms with Crippen LogP contribution in [0.1, 0.15) is 33.0 Å². The number of hydrogen-bond donors (Lipinski definition) is 1. The Hall–Kier alpha value is -3.19. The first-order valence-corrected chi connectivity index (χ1v) is 10.3. The lowest BCUT2D eigenvalue weighted by molar-refractivity contribution is 0.0685. The van der Waals surface area contributed by atoms with E-state index >= 15 is 0 Å². The summed E-state index contributed by atoms with van der Waals surface area (Å²) in [4.78, 5) is 34.0. The fourth-order valence-corrected chi connectivity index (χ4v) is 3.78. The number of amides is 2.